The molecule has 2 heterocycles. The quantitative estimate of drug-likeness (QED) is 0.830. The second kappa shape index (κ2) is 7.95. The fraction of sp³-hybridized carbons (Fsp3) is 0.316. The van der Waals surface area contributed by atoms with Gasteiger partial charge in [-0.15, -0.1) is 0 Å². The average molecular weight is 357 g/mol. The molecule has 6 nitrogen and oxygen atoms in total. The van der Waals surface area contributed by atoms with Gasteiger partial charge in [-0.3, -0.25) is 14.4 Å². The number of halogens is 1. The number of amides is 2. The molecule has 3 rings (SSSR count). The van der Waals surface area contributed by atoms with Crippen molar-refractivity contribution in [1.29, 1.82) is 0 Å². The maximum Gasteiger partial charge on any atom is 0.253 e. The van der Waals surface area contributed by atoms with E-state index in [1.807, 2.05) is 0 Å². The Labute approximate surface area is 150 Å². The highest BCUT2D eigenvalue weighted by Crippen LogP contribution is 2.11. The number of benzene rings is 1. The number of carbonyl (C=O) groups excluding carboxylic acids is 2. The first-order valence-electron chi connectivity index (χ1n) is 8.53. The Bertz CT molecular complexity index is 840. The number of aromatic nitrogens is 1. The molecule has 1 aromatic carbocycles. The lowest BCUT2D eigenvalue weighted by Crippen LogP contribution is -2.50. The molecule has 2 aromatic rings. The Hall–Kier alpha value is -2.96. The summed E-state index contributed by atoms with van der Waals surface area (Å²) in [4.78, 5) is 39.8. The smallest absolute Gasteiger partial charge is 0.253 e. The Morgan fingerprint density at radius 1 is 0.923 bits per heavy atom. The van der Waals surface area contributed by atoms with E-state index >= 15 is 0 Å². The summed E-state index contributed by atoms with van der Waals surface area (Å²) in [5.74, 6) is -0.572. The molecular formula is C19H20FN3O3. The summed E-state index contributed by atoms with van der Waals surface area (Å²) in [6.07, 6.45) is 1.91. The number of rotatable bonds is 4. The summed E-state index contributed by atoms with van der Waals surface area (Å²) in [5.41, 5.74) is 0.310. The predicted octanol–water partition coefficient (Wildman–Crippen LogP) is 1.36. The second-order valence-electron chi connectivity index (χ2n) is 6.16. The van der Waals surface area contributed by atoms with Crippen LogP contribution in [0.25, 0.3) is 0 Å². The molecule has 7 heteroatoms. The zero-order valence-electron chi connectivity index (χ0n) is 14.3. The van der Waals surface area contributed by atoms with Gasteiger partial charge in [-0.05, 0) is 30.3 Å². The van der Waals surface area contributed by atoms with Crippen molar-refractivity contribution in [2.45, 2.75) is 13.0 Å². The van der Waals surface area contributed by atoms with E-state index in [2.05, 4.69) is 0 Å². The monoisotopic (exact) mass is 357 g/mol. The van der Waals surface area contributed by atoms with Crippen LogP contribution in [0.15, 0.2) is 53.5 Å². The van der Waals surface area contributed by atoms with Gasteiger partial charge in [-0.1, -0.05) is 6.07 Å². The highest BCUT2D eigenvalue weighted by atomic mass is 19.1. The van der Waals surface area contributed by atoms with E-state index in [0.717, 1.165) is 0 Å². The largest absolute Gasteiger partial charge is 0.339 e. The zero-order chi connectivity index (χ0) is 18.5. The molecule has 0 radical (unpaired) electrons. The highest BCUT2D eigenvalue weighted by Gasteiger charge is 2.24. The van der Waals surface area contributed by atoms with Crippen LogP contribution in [0, 0.1) is 5.82 Å². The molecule has 0 unspecified atom stereocenters. The van der Waals surface area contributed by atoms with Crippen molar-refractivity contribution in [3.63, 3.8) is 0 Å². The molecule has 0 saturated carbocycles. The summed E-state index contributed by atoms with van der Waals surface area (Å²) in [7, 11) is 0. The molecule has 136 valence electrons. The maximum absolute atomic E-state index is 13.0. The highest BCUT2D eigenvalue weighted by molar-refractivity contribution is 5.94. The van der Waals surface area contributed by atoms with Gasteiger partial charge in [0.1, 0.15) is 5.82 Å². The number of hydrogen-bond acceptors (Lipinski definition) is 3. The van der Waals surface area contributed by atoms with Crippen LogP contribution in [0.2, 0.25) is 0 Å². The minimum atomic E-state index is -0.380. The van der Waals surface area contributed by atoms with E-state index in [1.165, 1.54) is 34.9 Å². The van der Waals surface area contributed by atoms with Crippen LogP contribution in [0.3, 0.4) is 0 Å². The predicted molar refractivity (Wildman–Crippen MR) is 94.2 cm³/mol. The average Bonchev–Trinajstić information content (AvgIpc) is 2.67. The van der Waals surface area contributed by atoms with Gasteiger partial charge in [-0.25, -0.2) is 4.39 Å². The lowest BCUT2D eigenvalue weighted by Gasteiger charge is -2.35. The SMILES string of the molecule is O=C(CCn1ccccc1=O)N1CCN(C(=O)c2ccc(F)cc2)CC1. The van der Waals surface area contributed by atoms with Crippen molar-refractivity contribution in [1.82, 2.24) is 14.4 Å². The third kappa shape index (κ3) is 4.17. The van der Waals surface area contributed by atoms with E-state index in [9.17, 15) is 18.8 Å². The Morgan fingerprint density at radius 3 is 2.23 bits per heavy atom. The molecule has 0 N–H and O–H groups in total. The molecule has 1 aromatic heterocycles. The normalized spacial score (nSPS) is 14.3. The van der Waals surface area contributed by atoms with E-state index in [4.69, 9.17) is 0 Å². The van der Waals surface area contributed by atoms with Crippen molar-refractivity contribution >= 4 is 11.8 Å². The van der Waals surface area contributed by atoms with Crippen LogP contribution in [0.5, 0.6) is 0 Å². The third-order valence-electron chi connectivity index (χ3n) is 4.48. The van der Waals surface area contributed by atoms with Gasteiger partial charge in [-0.2, -0.15) is 0 Å². The first-order chi connectivity index (χ1) is 12.5. The van der Waals surface area contributed by atoms with Crippen molar-refractivity contribution in [2.24, 2.45) is 0 Å². The molecule has 1 saturated heterocycles. The summed E-state index contributed by atoms with van der Waals surface area (Å²) >= 11 is 0. The van der Waals surface area contributed by atoms with Crippen LogP contribution < -0.4 is 5.56 Å². The van der Waals surface area contributed by atoms with Crippen LogP contribution in [0.1, 0.15) is 16.8 Å². The minimum absolute atomic E-state index is 0.0327. The molecule has 1 aliphatic heterocycles. The first-order valence-corrected chi connectivity index (χ1v) is 8.53. The number of hydrogen-bond donors (Lipinski definition) is 0. The number of piperazine rings is 1. The Morgan fingerprint density at radius 2 is 1.58 bits per heavy atom. The Kier molecular flexibility index (Phi) is 5.46. The minimum Gasteiger partial charge on any atom is -0.339 e. The Balaban J connectivity index is 1.50. The zero-order valence-corrected chi connectivity index (χ0v) is 14.3. The van der Waals surface area contributed by atoms with Crippen LogP contribution >= 0.6 is 0 Å². The second-order valence-corrected chi connectivity index (χ2v) is 6.16. The fourth-order valence-corrected chi connectivity index (χ4v) is 2.95. The standard InChI is InChI=1S/C19H20FN3O3/c20-16-6-4-15(5-7-16)19(26)23-13-11-22(12-14-23)18(25)8-10-21-9-2-1-3-17(21)24/h1-7,9H,8,10-14H2. The molecule has 0 aliphatic carbocycles. The number of pyridine rings is 1. The molecule has 0 atom stereocenters. The summed E-state index contributed by atoms with van der Waals surface area (Å²) in [5, 5.41) is 0. The lowest BCUT2D eigenvalue weighted by molar-refractivity contribution is -0.132. The number of aryl methyl sites for hydroxylation is 1. The van der Waals surface area contributed by atoms with Crippen molar-refractivity contribution in [3.8, 4) is 0 Å². The van der Waals surface area contributed by atoms with Gasteiger partial charge in [0.15, 0.2) is 0 Å². The van der Waals surface area contributed by atoms with Crippen molar-refractivity contribution < 1.29 is 14.0 Å². The topological polar surface area (TPSA) is 62.6 Å². The van der Waals surface area contributed by atoms with Crippen LogP contribution in [0.4, 0.5) is 4.39 Å². The van der Waals surface area contributed by atoms with E-state index < -0.39 is 0 Å². The maximum atomic E-state index is 13.0. The molecule has 1 aliphatic rings. The fourth-order valence-electron chi connectivity index (χ4n) is 2.95. The first kappa shape index (κ1) is 17.8. The van der Waals surface area contributed by atoms with Gasteiger partial charge in [0, 0.05) is 57.0 Å². The van der Waals surface area contributed by atoms with E-state index in [0.29, 0.717) is 38.3 Å². The molecular weight excluding hydrogens is 337 g/mol. The molecule has 2 amide bonds. The molecule has 0 spiro atoms. The number of carbonyl (C=O) groups is 2. The van der Waals surface area contributed by atoms with Gasteiger partial charge in [0.2, 0.25) is 5.91 Å². The molecule has 1 fully saturated rings. The van der Waals surface area contributed by atoms with Crippen LogP contribution in [-0.4, -0.2) is 52.4 Å². The summed E-state index contributed by atoms with van der Waals surface area (Å²) in [6, 6.07) is 10.3. The van der Waals surface area contributed by atoms with E-state index in [-0.39, 0.29) is 29.6 Å². The van der Waals surface area contributed by atoms with Crippen molar-refractivity contribution in [2.75, 3.05) is 26.2 Å². The van der Waals surface area contributed by atoms with Gasteiger partial charge in [0.25, 0.3) is 11.5 Å². The number of nitrogens with zero attached hydrogens (tertiary/aromatic N) is 3. The summed E-state index contributed by atoms with van der Waals surface area (Å²) in [6.45, 7) is 2.12. The van der Waals surface area contributed by atoms with Crippen LogP contribution in [-0.2, 0) is 11.3 Å². The molecule has 0 bridgehead atoms. The van der Waals surface area contributed by atoms with E-state index in [1.54, 1.807) is 28.1 Å². The lowest BCUT2D eigenvalue weighted by atomic mass is 10.1. The van der Waals surface area contributed by atoms with Gasteiger partial charge >= 0.3 is 0 Å². The van der Waals surface area contributed by atoms with Gasteiger partial charge in [0.05, 0.1) is 0 Å². The summed E-state index contributed by atoms with van der Waals surface area (Å²) < 4.78 is 14.5. The van der Waals surface area contributed by atoms with Gasteiger partial charge < -0.3 is 14.4 Å². The van der Waals surface area contributed by atoms with Crippen molar-refractivity contribution in [3.05, 3.63) is 70.4 Å². The third-order valence-corrected chi connectivity index (χ3v) is 4.48. The molecule has 26 heavy (non-hydrogen) atoms.